The quantitative estimate of drug-likeness (QED) is 0.834. The number of benzene rings is 1. The summed E-state index contributed by atoms with van der Waals surface area (Å²) in [6, 6.07) is 4.47. The number of likely N-dealkylation sites (N-methyl/N-ethyl adjacent to an activating group) is 1. The van der Waals surface area contributed by atoms with Crippen molar-refractivity contribution in [2.24, 2.45) is 0 Å². The highest BCUT2D eigenvalue weighted by Crippen LogP contribution is 2.33. The van der Waals surface area contributed by atoms with Crippen LogP contribution in [0.25, 0.3) is 0 Å². The molecule has 1 saturated heterocycles. The lowest BCUT2D eigenvalue weighted by molar-refractivity contribution is -0.274. The van der Waals surface area contributed by atoms with Gasteiger partial charge in [0.15, 0.2) is 0 Å². The van der Waals surface area contributed by atoms with Gasteiger partial charge in [0.05, 0.1) is 5.02 Å². The largest absolute Gasteiger partial charge is 0.573 e. The monoisotopic (exact) mass is 294 g/mol. The molecule has 1 fully saturated rings. The molecule has 0 N–H and O–H groups in total. The number of halogens is 4. The van der Waals surface area contributed by atoms with E-state index in [1.807, 2.05) is 11.9 Å². The molecule has 1 aliphatic heterocycles. The van der Waals surface area contributed by atoms with Crippen LogP contribution in [0.1, 0.15) is 0 Å². The summed E-state index contributed by atoms with van der Waals surface area (Å²) in [5.41, 5.74) is 0.691. The van der Waals surface area contributed by atoms with Gasteiger partial charge in [0, 0.05) is 37.9 Å². The Morgan fingerprint density at radius 2 is 1.79 bits per heavy atom. The minimum atomic E-state index is -4.73. The second-order valence-corrected chi connectivity index (χ2v) is 4.86. The van der Waals surface area contributed by atoms with Crippen molar-refractivity contribution in [2.45, 2.75) is 6.36 Å². The molecule has 7 heteroatoms. The molecule has 1 aliphatic rings. The summed E-state index contributed by atoms with van der Waals surface area (Å²) in [4.78, 5) is 4.18. The van der Waals surface area contributed by atoms with Crippen molar-refractivity contribution in [2.75, 3.05) is 38.1 Å². The average Bonchev–Trinajstić information content (AvgIpc) is 2.31. The molecule has 0 amide bonds. The van der Waals surface area contributed by atoms with Crippen molar-refractivity contribution >= 4 is 17.3 Å². The molecule has 1 aromatic carbocycles. The van der Waals surface area contributed by atoms with Crippen LogP contribution in [-0.4, -0.2) is 44.5 Å². The highest BCUT2D eigenvalue weighted by Gasteiger charge is 2.32. The van der Waals surface area contributed by atoms with Crippen LogP contribution in [0.4, 0.5) is 18.9 Å². The van der Waals surface area contributed by atoms with Crippen molar-refractivity contribution in [1.82, 2.24) is 4.90 Å². The fraction of sp³-hybridized carbons (Fsp3) is 0.500. The van der Waals surface area contributed by atoms with E-state index in [-0.39, 0.29) is 10.8 Å². The second-order valence-electron chi connectivity index (χ2n) is 4.45. The Morgan fingerprint density at radius 3 is 2.37 bits per heavy atom. The minimum Gasteiger partial charge on any atom is -0.404 e. The summed E-state index contributed by atoms with van der Waals surface area (Å²) in [6.07, 6.45) is -4.73. The SMILES string of the molecule is CN1CCN(c2ccc(Cl)c(OC(F)(F)F)c2)CC1. The van der Waals surface area contributed by atoms with Gasteiger partial charge in [-0.1, -0.05) is 11.6 Å². The molecule has 0 aromatic heterocycles. The van der Waals surface area contributed by atoms with E-state index >= 15 is 0 Å². The van der Waals surface area contributed by atoms with Gasteiger partial charge in [0.2, 0.25) is 0 Å². The molecule has 0 spiro atoms. The van der Waals surface area contributed by atoms with E-state index in [1.165, 1.54) is 12.1 Å². The zero-order chi connectivity index (χ0) is 14.0. The predicted octanol–water partition coefficient (Wildman–Crippen LogP) is 2.99. The molecule has 0 bridgehead atoms. The Hall–Kier alpha value is -1.14. The van der Waals surface area contributed by atoms with Gasteiger partial charge in [-0.2, -0.15) is 0 Å². The fourth-order valence-electron chi connectivity index (χ4n) is 1.96. The molecule has 0 aliphatic carbocycles. The van der Waals surface area contributed by atoms with Gasteiger partial charge in [-0.3, -0.25) is 0 Å². The number of hydrogen-bond donors (Lipinski definition) is 0. The zero-order valence-corrected chi connectivity index (χ0v) is 11.1. The molecule has 1 heterocycles. The molecule has 106 valence electrons. The van der Waals surface area contributed by atoms with E-state index in [4.69, 9.17) is 11.6 Å². The number of anilines is 1. The third-order valence-corrected chi connectivity index (χ3v) is 3.32. The van der Waals surface area contributed by atoms with Crippen molar-refractivity contribution in [1.29, 1.82) is 0 Å². The van der Waals surface area contributed by atoms with E-state index in [1.54, 1.807) is 6.07 Å². The number of alkyl halides is 3. The molecule has 19 heavy (non-hydrogen) atoms. The van der Waals surface area contributed by atoms with Crippen molar-refractivity contribution in [3.05, 3.63) is 23.2 Å². The van der Waals surface area contributed by atoms with Gasteiger partial charge >= 0.3 is 6.36 Å². The highest BCUT2D eigenvalue weighted by molar-refractivity contribution is 6.32. The number of piperazine rings is 1. The van der Waals surface area contributed by atoms with Crippen LogP contribution in [0.15, 0.2) is 18.2 Å². The summed E-state index contributed by atoms with van der Waals surface area (Å²) in [5.74, 6) is -0.356. The first kappa shape index (κ1) is 14.3. The van der Waals surface area contributed by atoms with Crippen LogP contribution in [0.5, 0.6) is 5.75 Å². The smallest absolute Gasteiger partial charge is 0.404 e. The average molecular weight is 295 g/mol. The van der Waals surface area contributed by atoms with E-state index in [0.29, 0.717) is 5.69 Å². The number of nitrogens with zero attached hydrogens (tertiary/aromatic N) is 2. The Morgan fingerprint density at radius 1 is 1.16 bits per heavy atom. The third kappa shape index (κ3) is 3.91. The number of hydrogen-bond acceptors (Lipinski definition) is 3. The van der Waals surface area contributed by atoms with Crippen molar-refractivity contribution in [3.63, 3.8) is 0 Å². The lowest BCUT2D eigenvalue weighted by Gasteiger charge is -2.34. The maximum Gasteiger partial charge on any atom is 0.573 e. The third-order valence-electron chi connectivity index (χ3n) is 3.01. The molecule has 0 atom stereocenters. The lowest BCUT2D eigenvalue weighted by Crippen LogP contribution is -2.44. The predicted molar refractivity (Wildman–Crippen MR) is 67.8 cm³/mol. The molecule has 0 radical (unpaired) electrons. The molecule has 0 saturated carbocycles. The summed E-state index contributed by atoms with van der Waals surface area (Å²) in [6.45, 7) is 3.28. The molecular weight excluding hydrogens is 281 g/mol. The van der Waals surface area contributed by atoms with Gasteiger partial charge in [-0.15, -0.1) is 13.2 Å². The van der Waals surface area contributed by atoms with E-state index in [2.05, 4.69) is 9.64 Å². The fourth-order valence-corrected chi connectivity index (χ4v) is 2.11. The lowest BCUT2D eigenvalue weighted by atomic mass is 10.2. The molecule has 3 nitrogen and oxygen atoms in total. The first-order valence-electron chi connectivity index (χ1n) is 5.84. The summed E-state index contributed by atoms with van der Waals surface area (Å²) in [5, 5.41) is -0.0461. The van der Waals surface area contributed by atoms with E-state index in [9.17, 15) is 13.2 Å². The van der Waals surface area contributed by atoms with Gasteiger partial charge in [-0.05, 0) is 19.2 Å². The molecule has 0 unspecified atom stereocenters. The summed E-state index contributed by atoms with van der Waals surface area (Å²) >= 11 is 5.71. The Balaban J connectivity index is 2.16. The van der Waals surface area contributed by atoms with Crippen LogP contribution in [-0.2, 0) is 0 Å². The molecular formula is C12H14ClF3N2O. The Labute approximate surface area is 114 Å². The summed E-state index contributed by atoms with van der Waals surface area (Å²) < 4.78 is 40.7. The van der Waals surface area contributed by atoms with Crippen molar-refractivity contribution in [3.8, 4) is 5.75 Å². The van der Waals surface area contributed by atoms with Crippen LogP contribution >= 0.6 is 11.6 Å². The Kier molecular flexibility index (Phi) is 4.10. The normalized spacial score (nSPS) is 17.6. The zero-order valence-electron chi connectivity index (χ0n) is 10.4. The Bertz CT molecular complexity index is 445. The first-order chi connectivity index (χ1) is 8.85. The topological polar surface area (TPSA) is 15.7 Å². The van der Waals surface area contributed by atoms with Crippen LogP contribution in [0, 0.1) is 0 Å². The second kappa shape index (κ2) is 5.46. The van der Waals surface area contributed by atoms with Gasteiger partial charge < -0.3 is 14.5 Å². The van der Waals surface area contributed by atoms with Gasteiger partial charge in [0.25, 0.3) is 0 Å². The number of ether oxygens (including phenoxy) is 1. The van der Waals surface area contributed by atoms with E-state index < -0.39 is 6.36 Å². The maximum atomic E-state index is 12.2. The van der Waals surface area contributed by atoms with Gasteiger partial charge in [0.1, 0.15) is 5.75 Å². The van der Waals surface area contributed by atoms with Crippen LogP contribution in [0.3, 0.4) is 0 Å². The standard InChI is InChI=1S/C12H14ClF3N2O/c1-17-4-6-18(7-5-17)9-2-3-10(13)11(8-9)19-12(14,15)16/h2-3,8H,4-7H2,1H3. The van der Waals surface area contributed by atoms with Crippen molar-refractivity contribution < 1.29 is 17.9 Å². The number of rotatable bonds is 2. The highest BCUT2D eigenvalue weighted by atomic mass is 35.5. The van der Waals surface area contributed by atoms with E-state index in [0.717, 1.165) is 26.2 Å². The molecule has 1 aromatic rings. The van der Waals surface area contributed by atoms with Crippen LogP contribution < -0.4 is 9.64 Å². The van der Waals surface area contributed by atoms with Crippen LogP contribution in [0.2, 0.25) is 5.02 Å². The van der Waals surface area contributed by atoms with Gasteiger partial charge in [-0.25, -0.2) is 0 Å². The summed E-state index contributed by atoms with van der Waals surface area (Å²) in [7, 11) is 2.01. The minimum absolute atomic E-state index is 0.0461. The molecule has 2 rings (SSSR count). The maximum absolute atomic E-state index is 12.2. The first-order valence-corrected chi connectivity index (χ1v) is 6.22.